The number of hydrogen-bond acceptors (Lipinski definition) is 4. The molecule has 0 saturated heterocycles. The van der Waals surface area contributed by atoms with Crippen LogP contribution in [0.1, 0.15) is 39.5 Å². The van der Waals surface area contributed by atoms with Crippen LogP contribution in [0.5, 0.6) is 0 Å². The molecule has 1 unspecified atom stereocenters. The first kappa shape index (κ1) is 25.7. The molecule has 5 aromatic rings. The van der Waals surface area contributed by atoms with E-state index in [2.05, 4.69) is 10.6 Å². The van der Waals surface area contributed by atoms with Crippen molar-refractivity contribution in [3.8, 4) is 11.3 Å². The lowest BCUT2D eigenvalue weighted by Gasteiger charge is -2.18. The van der Waals surface area contributed by atoms with Crippen molar-refractivity contribution in [2.75, 3.05) is 5.32 Å². The second kappa shape index (κ2) is 11.2. The van der Waals surface area contributed by atoms with E-state index in [1.54, 1.807) is 40.9 Å². The molecule has 7 nitrogen and oxygen atoms in total. The van der Waals surface area contributed by atoms with E-state index in [9.17, 15) is 19.1 Å². The number of imidazole rings is 1. The lowest BCUT2D eigenvalue weighted by Crippen LogP contribution is -2.30. The number of carbonyl (C=O) groups excluding carboxylic acids is 1. The monoisotopic (exact) mass is 522 g/mol. The first-order chi connectivity index (χ1) is 18.9. The van der Waals surface area contributed by atoms with Crippen LogP contribution in [0.3, 0.4) is 0 Å². The standard InChI is InChI=1S/C31H27FN4O3/c1-20-7-5-10-23(17-20)26(18-27(37)38)34-31(39)25-11-6-16-36-29(25)35-28(22-12-14-24(32)15-13-22)30(36)33-19-21-8-3-2-4-9-21/h2-17,26,33H,18-19H2,1H3,(H,34,39)(H,37,38). The Balaban J connectivity index is 1.55. The quantitative estimate of drug-likeness (QED) is 0.220. The Labute approximate surface area is 225 Å². The van der Waals surface area contributed by atoms with Crippen molar-refractivity contribution in [1.29, 1.82) is 0 Å². The van der Waals surface area contributed by atoms with Crippen LogP contribution in [0.2, 0.25) is 0 Å². The summed E-state index contributed by atoms with van der Waals surface area (Å²) in [5.41, 5.74) is 4.65. The topological polar surface area (TPSA) is 95.7 Å². The number of aromatic nitrogens is 2. The molecule has 3 aromatic carbocycles. The molecule has 3 N–H and O–H groups in total. The number of halogens is 1. The van der Waals surface area contributed by atoms with E-state index in [1.165, 1.54) is 12.1 Å². The van der Waals surface area contributed by atoms with E-state index >= 15 is 0 Å². The zero-order valence-corrected chi connectivity index (χ0v) is 21.3. The van der Waals surface area contributed by atoms with Crippen LogP contribution in [-0.4, -0.2) is 26.4 Å². The first-order valence-corrected chi connectivity index (χ1v) is 12.5. The maximum absolute atomic E-state index is 13.7. The minimum Gasteiger partial charge on any atom is -0.481 e. The number of carboxylic acid groups (broad SMARTS) is 1. The molecule has 1 amide bonds. The second-order valence-electron chi connectivity index (χ2n) is 9.31. The molecular weight excluding hydrogens is 495 g/mol. The number of benzene rings is 3. The van der Waals surface area contributed by atoms with E-state index in [1.807, 2.05) is 55.5 Å². The van der Waals surface area contributed by atoms with Crippen LogP contribution in [0.25, 0.3) is 16.9 Å². The van der Waals surface area contributed by atoms with Gasteiger partial charge in [0.1, 0.15) is 17.3 Å². The van der Waals surface area contributed by atoms with Crippen molar-refractivity contribution in [1.82, 2.24) is 14.7 Å². The van der Waals surface area contributed by atoms with Gasteiger partial charge in [0.05, 0.1) is 18.0 Å². The van der Waals surface area contributed by atoms with Gasteiger partial charge in [0.2, 0.25) is 0 Å². The van der Waals surface area contributed by atoms with Crippen LogP contribution < -0.4 is 10.6 Å². The maximum atomic E-state index is 13.7. The molecule has 0 radical (unpaired) electrons. The van der Waals surface area contributed by atoms with Crippen LogP contribution in [-0.2, 0) is 11.3 Å². The molecule has 5 rings (SSSR count). The summed E-state index contributed by atoms with van der Waals surface area (Å²) in [7, 11) is 0. The van der Waals surface area contributed by atoms with Crippen LogP contribution in [0.4, 0.5) is 10.2 Å². The number of anilines is 1. The van der Waals surface area contributed by atoms with Crippen LogP contribution >= 0.6 is 0 Å². The second-order valence-corrected chi connectivity index (χ2v) is 9.31. The Hall–Kier alpha value is -4.98. The predicted molar refractivity (Wildman–Crippen MR) is 148 cm³/mol. The zero-order valence-electron chi connectivity index (χ0n) is 21.3. The summed E-state index contributed by atoms with van der Waals surface area (Å²) < 4.78 is 15.5. The molecular formula is C31H27FN4O3. The number of aliphatic carboxylic acids is 1. The molecule has 8 heteroatoms. The van der Waals surface area contributed by atoms with Gasteiger partial charge in [0.25, 0.3) is 5.91 Å². The Kier molecular flexibility index (Phi) is 7.36. The molecule has 0 bridgehead atoms. The van der Waals surface area contributed by atoms with Crippen molar-refractivity contribution in [3.05, 3.63) is 125 Å². The summed E-state index contributed by atoms with van der Waals surface area (Å²) in [5, 5.41) is 15.8. The van der Waals surface area contributed by atoms with Crippen LogP contribution in [0.15, 0.2) is 97.2 Å². The summed E-state index contributed by atoms with van der Waals surface area (Å²) in [6.45, 7) is 2.42. The van der Waals surface area contributed by atoms with Gasteiger partial charge < -0.3 is 15.7 Å². The number of nitrogens with zero attached hydrogens (tertiary/aromatic N) is 2. The first-order valence-electron chi connectivity index (χ1n) is 12.5. The number of rotatable bonds is 9. The van der Waals surface area contributed by atoms with E-state index < -0.39 is 17.9 Å². The third-order valence-electron chi connectivity index (χ3n) is 6.44. The van der Waals surface area contributed by atoms with Crippen molar-refractivity contribution in [3.63, 3.8) is 0 Å². The van der Waals surface area contributed by atoms with Gasteiger partial charge in [-0.1, -0.05) is 60.2 Å². The van der Waals surface area contributed by atoms with Crippen molar-refractivity contribution < 1.29 is 19.1 Å². The zero-order chi connectivity index (χ0) is 27.4. The molecule has 0 aliphatic rings. The van der Waals surface area contributed by atoms with E-state index in [4.69, 9.17) is 4.98 Å². The van der Waals surface area contributed by atoms with Gasteiger partial charge in [-0.05, 0) is 54.4 Å². The minimum absolute atomic E-state index is 0.266. The van der Waals surface area contributed by atoms with E-state index in [-0.39, 0.29) is 17.8 Å². The summed E-state index contributed by atoms with van der Waals surface area (Å²) in [4.78, 5) is 30.0. The average molecular weight is 523 g/mol. The molecule has 39 heavy (non-hydrogen) atoms. The third kappa shape index (κ3) is 5.80. The average Bonchev–Trinajstić information content (AvgIpc) is 3.31. The number of carboxylic acids is 1. The van der Waals surface area contributed by atoms with E-state index in [0.717, 1.165) is 11.1 Å². The Bertz CT molecular complexity index is 1630. The van der Waals surface area contributed by atoms with Crippen molar-refractivity contribution >= 4 is 23.3 Å². The van der Waals surface area contributed by atoms with Gasteiger partial charge in [0, 0.05) is 18.3 Å². The van der Waals surface area contributed by atoms with Crippen molar-refractivity contribution in [2.24, 2.45) is 0 Å². The van der Waals surface area contributed by atoms with Gasteiger partial charge >= 0.3 is 5.97 Å². The van der Waals surface area contributed by atoms with Crippen LogP contribution in [0, 0.1) is 12.7 Å². The fraction of sp³-hybridized carbons (Fsp3) is 0.129. The summed E-state index contributed by atoms with van der Waals surface area (Å²) in [5.74, 6) is -1.18. The van der Waals surface area contributed by atoms with Crippen molar-refractivity contribution in [2.45, 2.75) is 25.9 Å². The molecule has 196 valence electrons. The third-order valence-corrected chi connectivity index (χ3v) is 6.44. The lowest BCUT2D eigenvalue weighted by atomic mass is 10.0. The van der Waals surface area contributed by atoms with Gasteiger partial charge in [-0.25, -0.2) is 9.37 Å². The molecule has 2 heterocycles. The van der Waals surface area contributed by atoms with Gasteiger partial charge in [0.15, 0.2) is 5.65 Å². The summed E-state index contributed by atoms with van der Waals surface area (Å²) in [6, 6.07) is 26.0. The highest BCUT2D eigenvalue weighted by atomic mass is 19.1. The molecule has 1 atom stereocenters. The number of pyridine rings is 1. The Morgan fingerprint density at radius 2 is 1.74 bits per heavy atom. The molecule has 0 fully saturated rings. The number of aryl methyl sites for hydroxylation is 1. The maximum Gasteiger partial charge on any atom is 0.305 e. The van der Waals surface area contributed by atoms with Gasteiger partial charge in [-0.15, -0.1) is 0 Å². The smallest absolute Gasteiger partial charge is 0.305 e. The molecule has 0 aliphatic heterocycles. The summed E-state index contributed by atoms with van der Waals surface area (Å²) >= 11 is 0. The number of fused-ring (bicyclic) bond motifs is 1. The van der Waals surface area contributed by atoms with Gasteiger partial charge in [-0.2, -0.15) is 0 Å². The number of nitrogens with one attached hydrogen (secondary N) is 2. The molecule has 0 aliphatic carbocycles. The fourth-order valence-corrected chi connectivity index (χ4v) is 4.55. The highest BCUT2D eigenvalue weighted by Gasteiger charge is 2.23. The highest BCUT2D eigenvalue weighted by molar-refractivity contribution is 6.01. The predicted octanol–water partition coefficient (Wildman–Crippen LogP) is 6.01. The van der Waals surface area contributed by atoms with E-state index in [0.29, 0.717) is 34.8 Å². The SMILES string of the molecule is Cc1cccc(C(CC(=O)O)NC(=O)c2cccn3c(NCc4ccccc4)c(-c4ccc(F)cc4)nc23)c1. The molecule has 0 spiro atoms. The highest BCUT2D eigenvalue weighted by Crippen LogP contribution is 2.31. The fourth-order valence-electron chi connectivity index (χ4n) is 4.55. The Morgan fingerprint density at radius 1 is 0.974 bits per heavy atom. The molecule has 0 saturated carbocycles. The largest absolute Gasteiger partial charge is 0.481 e. The summed E-state index contributed by atoms with van der Waals surface area (Å²) in [6.07, 6.45) is 1.53. The number of carbonyl (C=O) groups is 2. The molecule has 2 aromatic heterocycles. The number of amides is 1. The normalized spacial score (nSPS) is 11.7. The lowest BCUT2D eigenvalue weighted by molar-refractivity contribution is -0.137. The minimum atomic E-state index is -1.02. The number of hydrogen-bond donors (Lipinski definition) is 3. The van der Waals surface area contributed by atoms with Gasteiger partial charge in [-0.3, -0.25) is 14.0 Å². The Morgan fingerprint density at radius 3 is 2.46 bits per heavy atom.